The van der Waals surface area contributed by atoms with E-state index in [1.807, 2.05) is 0 Å². The van der Waals surface area contributed by atoms with Gasteiger partial charge in [-0.1, -0.05) is 18.1 Å². The molecular weight excluding hydrogens is 186 g/mol. The number of piperidine rings is 1. The van der Waals surface area contributed by atoms with Crippen LogP contribution < -0.4 is 0 Å². The van der Waals surface area contributed by atoms with Crippen molar-refractivity contribution < 1.29 is 4.79 Å². The number of rotatable bonds is 0. The van der Waals surface area contributed by atoms with Gasteiger partial charge in [-0.3, -0.25) is 4.79 Å². The quantitative estimate of drug-likeness (QED) is 0.556. The minimum absolute atomic E-state index is 0.395. The van der Waals surface area contributed by atoms with Gasteiger partial charge >= 0.3 is 0 Å². The summed E-state index contributed by atoms with van der Waals surface area (Å²) < 4.78 is 0. The summed E-state index contributed by atoms with van der Waals surface area (Å²) in [5, 5.41) is 0. The summed E-state index contributed by atoms with van der Waals surface area (Å²) in [5.41, 5.74) is 1.66. The van der Waals surface area contributed by atoms with Crippen LogP contribution >= 0.6 is 0 Å². The highest BCUT2D eigenvalue weighted by atomic mass is 16.2. The molecule has 2 heterocycles. The van der Waals surface area contributed by atoms with Gasteiger partial charge in [-0.05, 0) is 32.1 Å². The molecule has 0 aromatic heterocycles. The van der Waals surface area contributed by atoms with Crippen LogP contribution in [0.2, 0.25) is 0 Å². The number of carbonyl (C=O) groups excluding carboxylic acids is 1. The number of fused-ring (bicyclic) bond motifs is 3. The lowest BCUT2D eigenvalue weighted by molar-refractivity contribution is -0.137. The SMILES string of the molecule is O=C1CCCC2C3CCCCC3=CCN12. The van der Waals surface area contributed by atoms with E-state index in [0.29, 0.717) is 11.9 Å². The molecular formula is C13H19NO. The van der Waals surface area contributed by atoms with Crippen LogP contribution in [0.3, 0.4) is 0 Å². The maximum atomic E-state index is 11.8. The fraction of sp³-hybridized carbons (Fsp3) is 0.769. The summed E-state index contributed by atoms with van der Waals surface area (Å²) >= 11 is 0. The van der Waals surface area contributed by atoms with Crippen LogP contribution in [0.25, 0.3) is 0 Å². The van der Waals surface area contributed by atoms with Gasteiger partial charge in [0.1, 0.15) is 0 Å². The van der Waals surface area contributed by atoms with E-state index in [1.165, 1.54) is 32.1 Å². The van der Waals surface area contributed by atoms with Crippen LogP contribution in [0.5, 0.6) is 0 Å². The molecule has 1 saturated carbocycles. The third kappa shape index (κ3) is 1.51. The molecule has 82 valence electrons. The van der Waals surface area contributed by atoms with E-state index < -0.39 is 0 Å². The molecule has 2 aliphatic heterocycles. The lowest BCUT2D eigenvalue weighted by atomic mass is 9.74. The average Bonchev–Trinajstić information content (AvgIpc) is 2.29. The Morgan fingerprint density at radius 3 is 3.00 bits per heavy atom. The molecule has 15 heavy (non-hydrogen) atoms. The molecule has 0 radical (unpaired) electrons. The van der Waals surface area contributed by atoms with Crippen LogP contribution in [0.15, 0.2) is 11.6 Å². The number of amides is 1. The van der Waals surface area contributed by atoms with Crippen molar-refractivity contribution in [1.82, 2.24) is 4.90 Å². The molecule has 0 bridgehead atoms. The van der Waals surface area contributed by atoms with Gasteiger partial charge in [0, 0.05) is 24.9 Å². The number of hydrogen-bond donors (Lipinski definition) is 0. The first kappa shape index (κ1) is 9.44. The highest BCUT2D eigenvalue weighted by Crippen LogP contribution is 2.40. The predicted molar refractivity (Wildman–Crippen MR) is 59.4 cm³/mol. The third-order valence-corrected chi connectivity index (χ3v) is 4.33. The van der Waals surface area contributed by atoms with E-state index in [4.69, 9.17) is 0 Å². The van der Waals surface area contributed by atoms with Gasteiger partial charge in [-0.15, -0.1) is 0 Å². The second-order valence-electron chi connectivity index (χ2n) is 5.14. The van der Waals surface area contributed by atoms with Crippen LogP contribution in [0.1, 0.15) is 44.9 Å². The van der Waals surface area contributed by atoms with Crippen molar-refractivity contribution >= 4 is 5.91 Å². The number of nitrogens with zero attached hydrogens (tertiary/aromatic N) is 1. The van der Waals surface area contributed by atoms with Crippen LogP contribution in [0.4, 0.5) is 0 Å². The Hall–Kier alpha value is -0.790. The largest absolute Gasteiger partial charge is 0.335 e. The summed E-state index contributed by atoms with van der Waals surface area (Å²) in [6.07, 6.45) is 10.8. The van der Waals surface area contributed by atoms with Crippen LogP contribution in [-0.2, 0) is 4.79 Å². The van der Waals surface area contributed by atoms with Gasteiger partial charge in [0.05, 0.1) is 0 Å². The molecule has 2 nitrogen and oxygen atoms in total. The second-order valence-corrected chi connectivity index (χ2v) is 5.14. The van der Waals surface area contributed by atoms with E-state index >= 15 is 0 Å². The molecule has 2 unspecified atom stereocenters. The molecule has 3 rings (SSSR count). The molecule has 1 aliphatic carbocycles. The van der Waals surface area contributed by atoms with E-state index in [9.17, 15) is 4.79 Å². The molecule has 0 N–H and O–H groups in total. The minimum Gasteiger partial charge on any atom is -0.335 e. The van der Waals surface area contributed by atoms with Crippen molar-refractivity contribution in [2.75, 3.05) is 6.54 Å². The highest BCUT2D eigenvalue weighted by molar-refractivity contribution is 5.77. The zero-order valence-corrected chi connectivity index (χ0v) is 9.24. The third-order valence-electron chi connectivity index (χ3n) is 4.33. The maximum Gasteiger partial charge on any atom is 0.223 e. The summed E-state index contributed by atoms with van der Waals surface area (Å²) in [6.45, 7) is 0.898. The lowest BCUT2D eigenvalue weighted by Crippen LogP contribution is -2.50. The zero-order valence-electron chi connectivity index (χ0n) is 9.24. The molecule has 3 aliphatic rings. The standard InChI is InChI=1S/C13H19NO/c15-13-7-3-6-12-11-5-2-1-4-10(11)8-9-14(12)13/h8,11-12H,1-7,9H2. The Labute approximate surface area is 91.3 Å². The topological polar surface area (TPSA) is 20.3 Å². The Bertz CT molecular complexity index is 308. The van der Waals surface area contributed by atoms with Gasteiger partial charge < -0.3 is 4.90 Å². The molecule has 2 fully saturated rings. The lowest BCUT2D eigenvalue weighted by Gasteiger charge is -2.45. The van der Waals surface area contributed by atoms with E-state index in [2.05, 4.69) is 11.0 Å². The van der Waals surface area contributed by atoms with Crippen molar-refractivity contribution in [2.45, 2.75) is 51.0 Å². The first-order valence-corrected chi connectivity index (χ1v) is 6.34. The van der Waals surface area contributed by atoms with E-state index in [-0.39, 0.29) is 0 Å². The van der Waals surface area contributed by atoms with Crippen molar-refractivity contribution in [3.8, 4) is 0 Å². The van der Waals surface area contributed by atoms with Gasteiger partial charge in [0.2, 0.25) is 5.91 Å². The molecule has 0 aromatic rings. The van der Waals surface area contributed by atoms with E-state index in [1.54, 1.807) is 5.57 Å². The van der Waals surface area contributed by atoms with Crippen LogP contribution in [-0.4, -0.2) is 23.4 Å². The predicted octanol–water partition coefficient (Wildman–Crippen LogP) is 2.50. The van der Waals surface area contributed by atoms with Gasteiger partial charge in [-0.2, -0.15) is 0 Å². The molecule has 1 saturated heterocycles. The van der Waals surface area contributed by atoms with Crippen molar-refractivity contribution in [1.29, 1.82) is 0 Å². The smallest absolute Gasteiger partial charge is 0.223 e. The Morgan fingerprint density at radius 1 is 1.13 bits per heavy atom. The summed E-state index contributed by atoms with van der Waals surface area (Å²) in [4.78, 5) is 13.9. The monoisotopic (exact) mass is 205 g/mol. The molecule has 1 amide bonds. The first-order chi connectivity index (χ1) is 7.36. The molecule has 2 heteroatoms. The Kier molecular flexibility index (Phi) is 2.30. The zero-order chi connectivity index (χ0) is 10.3. The van der Waals surface area contributed by atoms with Gasteiger partial charge in [-0.25, -0.2) is 0 Å². The first-order valence-electron chi connectivity index (χ1n) is 6.34. The van der Waals surface area contributed by atoms with Crippen molar-refractivity contribution in [3.63, 3.8) is 0 Å². The van der Waals surface area contributed by atoms with Crippen LogP contribution in [0, 0.1) is 5.92 Å². The maximum absolute atomic E-state index is 11.8. The minimum atomic E-state index is 0.395. The molecule has 2 atom stereocenters. The number of hydrogen-bond acceptors (Lipinski definition) is 1. The average molecular weight is 205 g/mol. The number of carbonyl (C=O) groups is 1. The van der Waals surface area contributed by atoms with Gasteiger partial charge in [0.15, 0.2) is 0 Å². The van der Waals surface area contributed by atoms with Gasteiger partial charge in [0.25, 0.3) is 0 Å². The second kappa shape index (κ2) is 3.66. The van der Waals surface area contributed by atoms with Crippen molar-refractivity contribution in [3.05, 3.63) is 11.6 Å². The van der Waals surface area contributed by atoms with E-state index in [0.717, 1.165) is 25.3 Å². The normalized spacial score (nSPS) is 35.6. The molecule has 0 spiro atoms. The fourth-order valence-electron chi connectivity index (χ4n) is 3.58. The Balaban J connectivity index is 1.87. The highest BCUT2D eigenvalue weighted by Gasteiger charge is 2.38. The fourth-order valence-corrected chi connectivity index (χ4v) is 3.58. The van der Waals surface area contributed by atoms with Crippen molar-refractivity contribution in [2.24, 2.45) is 5.92 Å². The summed E-state index contributed by atoms with van der Waals surface area (Å²) in [5.74, 6) is 1.11. The Morgan fingerprint density at radius 2 is 2.07 bits per heavy atom. The molecule has 0 aromatic carbocycles. The summed E-state index contributed by atoms with van der Waals surface area (Å²) in [7, 11) is 0. The summed E-state index contributed by atoms with van der Waals surface area (Å²) in [6, 6.07) is 0.562.